The molecule has 0 saturated carbocycles. The summed E-state index contributed by atoms with van der Waals surface area (Å²) in [6, 6.07) is 7.10. The smallest absolute Gasteiger partial charge is 0.407 e. The first-order valence-electron chi connectivity index (χ1n) is 14.5. The van der Waals surface area contributed by atoms with Crippen molar-refractivity contribution in [1.82, 2.24) is 25.4 Å². The molecule has 9 nitrogen and oxygen atoms in total. The Hall–Kier alpha value is -3.50. The van der Waals surface area contributed by atoms with Crippen molar-refractivity contribution in [1.29, 1.82) is 0 Å². The van der Waals surface area contributed by atoms with Crippen LogP contribution in [0.3, 0.4) is 0 Å². The number of nitrogens with one attached hydrogen (secondary N) is 2. The van der Waals surface area contributed by atoms with E-state index in [-0.39, 0.29) is 18.4 Å². The van der Waals surface area contributed by atoms with Gasteiger partial charge < -0.3 is 15.4 Å². The van der Waals surface area contributed by atoms with E-state index in [1.807, 2.05) is 35.8 Å². The van der Waals surface area contributed by atoms with Gasteiger partial charge >= 0.3 is 6.09 Å². The summed E-state index contributed by atoms with van der Waals surface area (Å²) in [6.45, 7) is 6.96. The number of amides is 2. The van der Waals surface area contributed by atoms with Gasteiger partial charge in [0.25, 0.3) is 0 Å². The quantitative estimate of drug-likeness (QED) is 0.230. The van der Waals surface area contributed by atoms with Crippen LogP contribution >= 0.6 is 22.9 Å². The van der Waals surface area contributed by atoms with E-state index in [0.717, 1.165) is 65.3 Å². The molecule has 1 aliphatic heterocycles. The Balaban J connectivity index is 1.23. The van der Waals surface area contributed by atoms with Crippen molar-refractivity contribution in [3.05, 3.63) is 74.7 Å². The number of hydrogen-bond acceptors (Lipinski definition) is 7. The van der Waals surface area contributed by atoms with Crippen LogP contribution < -0.4 is 10.6 Å². The summed E-state index contributed by atoms with van der Waals surface area (Å²) < 4.78 is 7.62. The van der Waals surface area contributed by atoms with Crippen molar-refractivity contribution in [3.8, 4) is 5.00 Å². The number of allylic oxidation sites excluding steroid dienone is 2. The Kier molecular flexibility index (Phi) is 9.74. The summed E-state index contributed by atoms with van der Waals surface area (Å²) in [4.78, 5) is 31.7. The van der Waals surface area contributed by atoms with Gasteiger partial charge in [-0.15, -0.1) is 21.5 Å². The predicted molar refractivity (Wildman–Crippen MR) is 166 cm³/mol. The summed E-state index contributed by atoms with van der Waals surface area (Å²) in [5.74, 6) is 1.25. The van der Waals surface area contributed by atoms with Crippen molar-refractivity contribution in [2.24, 2.45) is 4.99 Å². The zero-order valence-corrected chi connectivity index (χ0v) is 25.9. The lowest BCUT2D eigenvalue weighted by molar-refractivity contribution is -0.121. The van der Waals surface area contributed by atoms with E-state index < -0.39 is 12.1 Å². The number of hydrogen-bond donors (Lipinski definition) is 2. The number of carbonyl (C=O) groups excluding carboxylic acids is 2. The maximum atomic E-state index is 13.1. The number of alkyl carbamates (subject to hydrolysis) is 1. The third kappa shape index (κ3) is 6.93. The second-order valence-corrected chi connectivity index (χ2v) is 12.4. The summed E-state index contributed by atoms with van der Waals surface area (Å²) in [6.07, 6.45) is 9.33. The van der Waals surface area contributed by atoms with E-state index in [1.54, 1.807) is 11.3 Å². The van der Waals surface area contributed by atoms with E-state index in [9.17, 15) is 9.59 Å². The number of ether oxygens (including phenoxy) is 1. The molecule has 2 N–H and O–H groups in total. The molecule has 3 aromatic rings. The lowest BCUT2D eigenvalue weighted by Gasteiger charge is -2.18. The molecular weight excluding hydrogens is 572 g/mol. The molecule has 0 saturated heterocycles. The summed E-state index contributed by atoms with van der Waals surface area (Å²) in [7, 11) is 0. The minimum absolute atomic E-state index is 0.0457. The van der Waals surface area contributed by atoms with Gasteiger partial charge in [-0.25, -0.2) is 4.79 Å². The molecule has 11 heteroatoms. The van der Waals surface area contributed by atoms with Crippen molar-refractivity contribution in [2.45, 2.75) is 77.9 Å². The fourth-order valence-electron chi connectivity index (χ4n) is 5.32. The van der Waals surface area contributed by atoms with Gasteiger partial charge in [-0.05, 0) is 77.0 Å². The highest BCUT2D eigenvalue weighted by atomic mass is 35.5. The molecular formula is C31H37ClN6O3S. The zero-order chi connectivity index (χ0) is 29.6. The number of thiophene rings is 1. The first-order chi connectivity index (χ1) is 20.3. The highest BCUT2D eigenvalue weighted by Gasteiger charge is 2.32. The van der Waals surface area contributed by atoms with Gasteiger partial charge in [0.1, 0.15) is 23.0 Å². The standard InChI is InChI=1S/C31H37ClN6O3S/c1-19-20(2)42-30-27(19)28(22-12-14-23(32)15-13-22)35-25(29-37-36-21(3)38(29)30)18-26(39)33-16-9-17-34-31(40)41-24-10-7-5-4-6-8-11-24/h4-5,12-15,24-25H,6-11,16-18H2,1-3H3,(H,33,39)(H,34,40)/b5-4+/t24?,25-/m0/s1. The highest BCUT2D eigenvalue weighted by molar-refractivity contribution is 7.15. The summed E-state index contributed by atoms with van der Waals surface area (Å²) >= 11 is 7.87. The SMILES string of the molecule is Cc1sc2c(c1C)C(c1ccc(Cl)cc1)=N[C@@H](CC(=O)NCCCNC(=O)OC1CC/C=C/CCC1)c1nnc(C)n1-2. The molecule has 1 aliphatic carbocycles. The van der Waals surface area contributed by atoms with Gasteiger partial charge in [0.05, 0.1) is 12.1 Å². The van der Waals surface area contributed by atoms with Crippen LogP contribution in [-0.4, -0.2) is 51.7 Å². The molecule has 0 spiro atoms. The monoisotopic (exact) mass is 608 g/mol. The van der Waals surface area contributed by atoms with Gasteiger partial charge in [0.2, 0.25) is 5.91 Å². The first kappa shape index (κ1) is 30.0. The number of aliphatic imine (C=N–C) groups is 1. The van der Waals surface area contributed by atoms with Crippen LogP contribution in [0.2, 0.25) is 5.02 Å². The predicted octanol–water partition coefficient (Wildman–Crippen LogP) is 6.31. The summed E-state index contributed by atoms with van der Waals surface area (Å²) in [5.41, 5.74) is 3.91. The normalized spacial score (nSPS) is 18.9. The van der Waals surface area contributed by atoms with E-state index in [1.165, 1.54) is 4.88 Å². The minimum atomic E-state index is -0.525. The van der Waals surface area contributed by atoms with Gasteiger partial charge in [-0.1, -0.05) is 35.9 Å². The Labute approximate surface area is 255 Å². The van der Waals surface area contributed by atoms with Crippen molar-refractivity contribution >= 4 is 40.6 Å². The largest absolute Gasteiger partial charge is 0.446 e. The van der Waals surface area contributed by atoms with Crippen LogP contribution in [0.4, 0.5) is 4.79 Å². The van der Waals surface area contributed by atoms with Gasteiger partial charge in [-0.2, -0.15) is 0 Å². The number of aryl methyl sites for hydroxylation is 2. The molecule has 1 aromatic carbocycles. The third-order valence-corrected chi connectivity index (χ3v) is 9.12. The minimum Gasteiger partial charge on any atom is -0.446 e. The molecule has 0 fully saturated rings. The fourth-order valence-corrected chi connectivity index (χ4v) is 6.66. The van der Waals surface area contributed by atoms with E-state index in [4.69, 9.17) is 21.3 Å². The van der Waals surface area contributed by atoms with Crippen molar-refractivity contribution < 1.29 is 14.3 Å². The zero-order valence-electron chi connectivity index (χ0n) is 24.3. The third-order valence-electron chi connectivity index (χ3n) is 7.67. The molecule has 2 amide bonds. The van der Waals surface area contributed by atoms with Crippen molar-refractivity contribution in [2.75, 3.05) is 13.1 Å². The average molecular weight is 609 g/mol. The van der Waals surface area contributed by atoms with E-state index in [2.05, 4.69) is 46.8 Å². The molecule has 0 radical (unpaired) electrons. The van der Waals surface area contributed by atoms with Gasteiger partial charge in [0.15, 0.2) is 5.82 Å². The topological polar surface area (TPSA) is 110 Å². The van der Waals surface area contributed by atoms with Crippen LogP contribution in [0.15, 0.2) is 41.4 Å². The fraction of sp³-hybridized carbons (Fsp3) is 0.452. The van der Waals surface area contributed by atoms with Gasteiger partial charge in [0, 0.05) is 34.1 Å². The molecule has 5 rings (SSSR count). The molecule has 0 bridgehead atoms. The lowest BCUT2D eigenvalue weighted by atomic mass is 9.99. The highest BCUT2D eigenvalue weighted by Crippen LogP contribution is 2.39. The number of benzene rings is 1. The second-order valence-electron chi connectivity index (χ2n) is 10.7. The number of rotatable bonds is 8. The second kappa shape index (κ2) is 13.6. The summed E-state index contributed by atoms with van der Waals surface area (Å²) in [5, 5.41) is 16.2. The number of nitrogens with zero attached hydrogens (tertiary/aromatic N) is 4. The number of carbonyl (C=O) groups is 2. The molecule has 2 aromatic heterocycles. The van der Waals surface area contributed by atoms with Crippen LogP contribution in [0.25, 0.3) is 5.00 Å². The Morgan fingerprint density at radius 3 is 2.62 bits per heavy atom. The van der Waals surface area contributed by atoms with Crippen molar-refractivity contribution in [3.63, 3.8) is 0 Å². The lowest BCUT2D eigenvalue weighted by Crippen LogP contribution is -2.32. The van der Waals surface area contributed by atoms with Crippen LogP contribution in [-0.2, 0) is 9.53 Å². The molecule has 1 unspecified atom stereocenters. The molecule has 2 atom stereocenters. The van der Waals surface area contributed by atoms with Crippen LogP contribution in [0, 0.1) is 20.8 Å². The van der Waals surface area contributed by atoms with E-state index >= 15 is 0 Å². The Morgan fingerprint density at radius 2 is 1.81 bits per heavy atom. The maximum Gasteiger partial charge on any atom is 0.407 e. The maximum absolute atomic E-state index is 13.1. The average Bonchev–Trinajstić information content (AvgIpc) is 3.42. The molecule has 42 heavy (non-hydrogen) atoms. The van der Waals surface area contributed by atoms with Gasteiger partial charge in [-0.3, -0.25) is 14.4 Å². The molecule has 3 heterocycles. The Bertz CT molecular complexity index is 1490. The Morgan fingerprint density at radius 1 is 1.05 bits per heavy atom. The van der Waals surface area contributed by atoms with E-state index in [0.29, 0.717) is 30.4 Å². The van der Waals surface area contributed by atoms with Crippen LogP contribution in [0.5, 0.6) is 0 Å². The molecule has 222 valence electrons. The molecule has 2 aliphatic rings. The number of halogens is 1. The first-order valence-corrected chi connectivity index (χ1v) is 15.7. The van der Waals surface area contributed by atoms with Crippen LogP contribution in [0.1, 0.15) is 84.2 Å². The number of aromatic nitrogens is 3. The number of fused-ring (bicyclic) bond motifs is 3.